The smallest absolute Gasteiger partial charge is 0.335 e. The molecule has 1 aromatic heterocycles. The average molecular weight is 288 g/mol. The topological polar surface area (TPSA) is 76.2 Å². The highest BCUT2D eigenvalue weighted by molar-refractivity contribution is 5.88. The minimum atomic E-state index is -0.943. The average Bonchev–Trinajstić information content (AvgIpc) is 2.97. The second kappa shape index (κ2) is 7.02. The second-order valence-corrected chi connectivity index (χ2v) is 5.11. The van der Waals surface area contributed by atoms with Crippen LogP contribution in [0.2, 0.25) is 0 Å². The van der Waals surface area contributed by atoms with Crippen molar-refractivity contribution in [3.63, 3.8) is 0 Å². The van der Waals surface area contributed by atoms with Crippen molar-refractivity contribution in [2.24, 2.45) is 0 Å². The number of aromatic nitrogens is 2. The van der Waals surface area contributed by atoms with E-state index < -0.39 is 5.97 Å². The maximum absolute atomic E-state index is 10.8. The fourth-order valence-corrected chi connectivity index (χ4v) is 2.37. The van der Waals surface area contributed by atoms with Crippen LogP contribution in [0.1, 0.15) is 61.7 Å². The van der Waals surface area contributed by atoms with Crippen molar-refractivity contribution >= 4 is 5.97 Å². The van der Waals surface area contributed by atoms with Crippen molar-refractivity contribution in [2.75, 3.05) is 0 Å². The van der Waals surface area contributed by atoms with Gasteiger partial charge in [-0.2, -0.15) is 4.98 Å². The van der Waals surface area contributed by atoms with Crippen molar-refractivity contribution in [3.05, 3.63) is 35.7 Å². The Hall–Kier alpha value is -2.17. The molecule has 1 N–H and O–H groups in total. The van der Waals surface area contributed by atoms with E-state index in [1.54, 1.807) is 24.3 Å². The van der Waals surface area contributed by atoms with Gasteiger partial charge in [-0.1, -0.05) is 44.0 Å². The number of nitrogens with zero attached hydrogens (tertiary/aromatic N) is 2. The Morgan fingerprint density at radius 2 is 1.81 bits per heavy atom. The summed E-state index contributed by atoms with van der Waals surface area (Å²) in [6.45, 7) is 4.29. The molecular formula is C16H20N2O3. The third-order valence-corrected chi connectivity index (χ3v) is 3.46. The first kappa shape index (κ1) is 15.2. The number of hydrogen-bond acceptors (Lipinski definition) is 4. The Bertz CT molecular complexity index is 584. The fourth-order valence-electron chi connectivity index (χ4n) is 2.37. The van der Waals surface area contributed by atoms with Gasteiger partial charge in [0.05, 0.1) is 5.56 Å². The van der Waals surface area contributed by atoms with Gasteiger partial charge < -0.3 is 9.63 Å². The van der Waals surface area contributed by atoms with Crippen molar-refractivity contribution in [1.82, 2.24) is 10.1 Å². The molecule has 2 rings (SSSR count). The normalized spacial score (nSPS) is 11.0. The van der Waals surface area contributed by atoms with Crippen LogP contribution in [0.4, 0.5) is 0 Å². The molecule has 112 valence electrons. The van der Waals surface area contributed by atoms with E-state index in [-0.39, 0.29) is 5.56 Å². The molecule has 0 saturated heterocycles. The second-order valence-electron chi connectivity index (χ2n) is 5.11. The molecule has 2 aromatic rings. The Balaban J connectivity index is 2.20. The maximum Gasteiger partial charge on any atom is 0.335 e. The molecule has 0 amide bonds. The van der Waals surface area contributed by atoms with Gasteiger partial charge in [0, 0.05) is 11.5 Å². The number of hydrogen-bond donors (Lipinski definition) is 1. The van der Waals surface area contributed by atoms with Crippen LogP contribution < -0.4 is 0 Å². The summed E-state index contributed by atoms with van der Waals surface area (Å²) in [4.78, 5) is 15.3. The summed E-state index contributed by atoms with van der Waals surface area (Å²) in [5.41, 5.74) is 1.01. The number of carboxylic acids is 1. The maximum atomic E-state index is 10.8. The van der Waals surface area contributed by atoms with E-state index in [1.807, 2.05) is 0 Å². The van der Waals surface area contributed by atoms with E-state index in [1.165, 1.54) is 0 Å². The van der Waals surface area contributed by atoms with Gasteiger partial charge in [-0.25, -0.2) is 4.79 Å². The van der Waals surface area contributed by atoms with Crippen LogP contribution in [-0.2, 0) is 0 Å². The molecule has 5 heteroatoms. The first-order valence-electron chi connectivity index (χ1n) is 7.33. The van der Waals surface area contributed by atoms with Crippen LogP contribution >= 0.6 is 0 Å². The van der Waals surface area contributed by atoms with Crippen molar-refractivity contribution in [2.45, 2.75) is 45.4 Å². The summed E-state index contributed by atoms with van der Waals surface area (Å²) in [7, 11) is 0. The zero-order valence-electron chi connectivity index (χ0n) is 12.4. The number of benzene rings is 1. The minimum Gasteiger partial charge on any atom is -0.478 e. The van der Waals surface area contributed by atoms with Crippen molar-refractivity contribution in [1.29, 1.82) is 0 Å². The summed E-state index contributed by atoms with van der Waals surface area (Å²) < 4.78 is 5.39. The first-order valence-corrected chi connectivity index (χ1v) is 7.33. The van der Waals surface area contributed by atoms with Gasteiger partial charge in [0.2, 0.25) is 11.7 Å². The molecule has 0 unspecified atom stereocenters. The van der Waals surface area contributed by atoms with E-state index in [0.29, 0.717) is 17.6 Å². The van der Waals surface area contributed by atoms with Gasteiger partial charge in [-0.05, 0) is 25.0 Å². The van der Waals surface area contributed by atoms with Gasteiger partial charge in [-0.15, -0.1) is 0 Å². The molecule has 0 fully saturated rings. The SMILES string of the molecule is CCCC(CCC)c1nc(-c2ccc(C(=O)O)cc2)no1. The summed E-state index contributed by atoms with van der Waals surface area (Å²) in [5, 5.41) is 12.9. The van der Waals surface area contributed by atoms with E-state index in [4.69, 9.17) is 9.63 Å². The molecule has 21 heavy (non-hydrogen) atoms. The largest absolute Gasteiger partial charge is 0.478 e. The van der Waals surface area contributed by atoms with Crippen LogP contribution in [0, 0.1) is 0 Å². The van der Waals surface area contributed by atoms with Crippen LogP contribution in [0.5, 0.6) is 0 Å². The molecule has 0 aliphatic rings. The fraction of sp³-hybridized carbons (Fsp3) is 0.438. The lowest BCUT2D eigenvalue weighted by Crippen LogP contribution is -1.98. The lowest BCUT2D eigenvalue weighted by atomic mass is 9.98. The predicted octanol–water partition coefficient (Wildman–Crippen LogP) is 4.12. The Morgan fingerprint density at radius 3 is 2.33 bits per heavy atom. The highest BCUT2D eigenvalue weighted by Gasteiger charge is 2.18. The third-order valence-electron chi connectivity index (χ3n) is 3.46. The van der Waals surface area contributed by atoms with E-state index >= 15 is 0 Å². The lowest BCUT2D eigenvalue weighted by Gasteiger charge is -2.08. The Labute approximate surface area is 124 Å². The van der Waals surface area contributed by atoms with E-state index in [2.05, 4.69) is 24.0 Å². The van der Waals surface area contributed by atoms with Crippen LogP contribution in [-0.4, -0.2) is 21.2 Å². The zero-order valence-corrected chi connectivity index (χ0v) is 12.4. The third kappa shape index (κ3) is 3.68. The van der Waals surface area contributed by atoms with Gasteiger partial charge in [0.15, 0.2) is 0 Å². The monoisotopic (exact) mass is 288 g/mol. The predicted molar refractivity (Wildman–Crippen MR) is 79.3 cm³/mol. The van der Waals surface area contributed by atoms with Crippen LogP contribution in [0.15, 0.2) is 28.8 Å². The molecule has 0 aliphatic heterocycles. The highest BCUT2D eigenvalue weighted by atomic mass is 16.5. The van der Waals surface area contributed by atoms with Gasteiger partial charge in [0.25, 0.3) is 0 Å². The number of carboxylic acid groups (broad SMARTS) is 1. The summed E-state index contributed by atoms with van der Waals surface area (Å²) in [6.07, 6.45) is 4.23. The Morgan fingerprint density at radius 1 is 1.19 bits per heavy atom. The van der Waals surface area contributed by atoms with Crippen molar-refractivity contribution < 1.29 is 14.4 Å². The summed E-state index contributed by atoms with van der Waals surface area (Å²) >= 11 is 0. The number of aromatic carboxylic acids is 1. The molecular weight excluding hydrogens is 268 g/mol. The van der Waals surface area contributed by atoms with Gasteiger partial charge >= 0.3 is 5.97 Å². The van der Waals surface area contributed by atoms with Gasteiger partial charge in [-0.3, -0.25) is 0 Å². The standard InChI is InChI=1S/C16H20N2O3/c1-3-5-12(6-4-2)15-17-14(18-21-15)11-7-9-13(10-8-11)16(19)20/h7-10,12H,3-6H2,1-2H3,(H,19,20). The minimum absolute atomic E-state index is 0.248. The quantitative estimate of drug-likeness (QED) is 0.829. The van der Waals surface area contributed by atoms with Crippen LogP contribution in [0.25, 0.3) is 11.4 Å². The van der Waals surface area contributed by atoms with Gasteiger partial charge in [0.1, 0.15) is 0 Å². The zero-order chi connectivity index (χ0) is 15.2. The number of carbonyl (C=O) groups is 1. The molecule has 0 radical (unpaired) electrons. The molecule has 0 bridgehead atoms. The molecule has 0 atom stereocenters. The molecule has 1 heterocycles. The summed E-state index contributed by atoms with van der Waals surface area (Å²) in [6, 6.07) is 6.49. The molecule has 0 spiro atoms. The highest BCUT2D eigenvalue weighted by Crippen LogP contribution is 2.27. The Kier molecular flexibility index (Phi) is 5.09. The lowest BCUT2D eigenvalue weighted by molar-refractivity contribution is 0.0697. The van der Waals surface area contributed by atoms with E-state index in [9.17, 15) is 4.79 Å². The molecule has 0 aliphatic carbocycles. The number of rotatable bonds is 7. The molecule has 0 saturated carbocycles. The van der Waals surface area contributed by atoms with E-state index in [0.717, 1.165) is 31.2 Å². The van der Waals surface area contributed by atoms with Crippen molar-refractivity contribution in [3.8, 4) is 11.4 Å². The van der Waals surface area contributed by atoms with Crippen LogP contribution in [0.3, 0.4) is 0 Å². The first-order chi connectivity index (χ1) is 10.2. The summed E-state index contributed by atoms with van der Waals surface area (Å²) in [5.74, 6) is 0.552. The molecule has 5 nitrogen and oxygen atoms in total. The molecule has 1 aromatic carbocycles.